The van der Waals surface area contributed by atoms with Crippen molar-refractivity contribution in [2.45, 2.75) is 86.0 Å². The fraction of sp³-hybridized carbons (Fsp3) is 1.00. The van der Waals surface area contributed by atoms with Gasteiger partial charge in [-0.15, -0.1) is 0 Å². The maximum atomic E-state index is 2.37. The van der Waals surface area contributed by atoms with Crippen molar-refractivity contribution in [2.24, 2.45) is 17.8 Å². The highest BCUT2D eigenvalue weighted by Crippen LogP contribution is 2.37. The molecule has 0 aromatic heterocycles. The number of rotatable bonds is 5. The Morgan fingerprint density at radius 2 is 1.38 bits per heavy atom. The molecule has 0 radical (unpaired) electrons. The van der Waals surface area contributed by atoms with E-state index >= 15 is 0 Å². The smallest absolute Gasteiger partial charge is 0.0386 e. The van der Waals surface area contributed by atoms with E-state index in [4.69, 9.17) is 0 Å². The molecule has 0 aromatic carbocycles. The van der Waals surface area contributed by atoms with Gasteiger partial charge in [-0.05, 0) is 30.6 Å². The lowest BCUT2D eigenvalue weighted by Gasteiger charge is -2.33. The molecule has 1 saturated carbocycles. The van der Waals surface area contributed by atoms with Crippen LogP contribution in [-0.2, 0) is 0 Å². The summed E-state index contributed by atoms with van der Waals surface area (Å²) in [7, 11) is 0. The minimum Gasteiger partial charge on any atom is -0.0683 e. The molecule has 0 amide bonds. The first kappa shape index (κ1) is 16.0. The van der Waals surface area contributed by atoms with Crippen LogP contribution in [0.15, 0.2) is 0 Å². The summed E-state index contributed by atoms with van der Waals surface area (Å²) in [6.45, 7) is 11.1. The van der Waals surface area contributed by atoms with Crippen LogP contribution < -0.4 is 0 Å². The molecule has 1 rings (SSSR count). The molecule has 0 aliphatic heterocycles. The van der Waals surface area contributed by atoms with Crippen LogP contribution in [0.2, 0.25) is 0 Å². The molecule has 0 atom stereocenters. The van der Waals surface area contributed by atoms with Crippen LogP contribution in [0.3, 0.4) is 0 Å². The maximum absolute atomic E-state index is 2.37. The molecular weight excluding hydrogens is 192 g/mol. The molecule has 1 aliphatic carbocycles. The highest BCUT2D eigenvalue weighted by atomic mass is 14.3. The topological polar surface area (TPSA) is 0 Å². The van der Waals surface area contributed by atoms with E-state index in [1.165, 1.54) is 51.4 Å². The second-order valence-corrected chi connectivity index (χ2v) is 5.15. The van der Waals surface area contributed by atoms with Crippen LogP contribution >= 0.6 is 0 Å². The van der Waals surface area contributed by atoms with Crippen molar-refractivity contribution in [3.63, 3.8) is 0 Å². The molecule has 0 spiro atoms. The molecule has 0 saturated heterocycles. The molecule has 16 heavy (non-hydrogen) atoms. The van der Waals surface area contributed by atoms with Gasteiger partial charge in [0.25, 0.3) is 0 Å². The van der Waals surface area contributed by atoms with E-state index in [0.717, 1.165) is 17.8 Å². The molecule has 0 bridgehead atoms. The van der Waals surface area contributed by atoms with E-state index < -0.39 is 0 Å². The van der Waals surface area contributed by atoms with Crippen LogP contribution in [-0.4, -0.2) is 0 Å². The van der Waals surface area contributed by atoms with Crippen LogP contribution in [0.25, 0.3) is 0 Å². The van der Waals surface area contributed by atoms with E-state index in [1.54, 1.807) is 0 Å². The Morgan fingerprint density at radius 3 is 1.75 bits per heavy atom. The largest absolute Gasteiger partial charge is 0.0683 e. The average Bonchev–Trinajstić information content (AvgIpc) is 2.36. The predicted molar refractivity (Wildman–Crippen MR) is 75.8 cm³/mol. The van der Waals surface area contributed by atoms with Crippen LogP contribution in [0.4, 0.5) is 0 Å². The van der Waals surface area contributed by atoms with Gasteiger partial charge in [0.05, 0.1) is 0 Å². The van der Waals surface area contributed by atoms with Gasteiger partial charge >= 0.3 is 0 Å². The van der Waals surface area contributed by atoms with E-state index in [9.17, 15) is 0 Å². The van der Waals surface area contributed by atoms with Crippen LogP contribution in [0.5, 0.6) is 0 Å². The Balaban J connectivity index is 0.00000106. The third kappa shape index (κ3) is 5.37. The second-order valence-electron chi connectivity index (χ2n) is 5.15. The third-order valence-electron chi connectivity index (χ3n) is 4.30. The summed E-state index contributed by atoms with van der Waals surface area (Å²) < 4.78 is 0. The van der Waals surface area contributed by atoms with Gasteiger partial charge in [0.1, 0.15) is 0 Å². The first-order valence-electron chi connectivity index (χ1n) is 7.81. The Bertz CT molecular complexity index is 127. The van der Waals surface area contributed by atoms with Crippen molar-refractivity contribution in [1.29, 1.82) is 0 Å². The summed E-state index contributed by atoms with van der Waals surface area (Å²) in [6, 6.07) is 0. The predicted octanol–water partition coefficient (Wildman–Crippen LogP) is 6.06. The van der Waals surface area contributed by atoms with E-state index in [2.05, 4.69) is 20.8 Å². The van der Waals surface area contributed by atoms with E-state index in [-0.39, 0.29) is 0 Å². The molecule has 1 aliphatic rings. The van der Waals surface area contributed by atoms with E-state index in [0.29, 0.717) is 0 Å². The zero-order chi connectivity index (χ0) is 12.4. The molecule has 0 nitrogen and oxygen atoms in total. The minimum absolute atomic E-state index is 1.03. The Hall–Kier alpha value is 0. The first-order valence-corrected chi connectivity index (χ1v) is 7.81. The van der Waals surface area contributed by atoms with Gasteiger partial charge in [0.15, 0.2) is 0 Å². The second kappa shape index (κ2) is 10.2. The van der Waals surface area contributed by atoms with Gasteiger partial charge in [0.2, 0.25) is 0 Å². The molecular formula is C16H34. The quantitative estimate of drug-likeness (QED) is 0.535. The lowest BCUT2D eigenvalue weighted by atomic mass is 9.73. The molecule has 0 heterocycles. The van der Waals surface area contributed by atoms with Crippen molar-refractivity contribution in [1.82, 2.24) is 0 Å². The van der Waals surface area contributed by atoms with Crippen molar-refractivity contribution >= 4 is 0 Å². The van der Waals surface area contributed by atoms with Gasteiger partial charge in [-0.2, -0.15) is 0 Å². The average molecular weight is 226 g/mol. The monoisotopic (exact) mass is 226 g/mol. The minimum atomic E-state index is 1.03. The van der Waals surface area contributed by atoms with Gasteiger partial charge in [0, 0.05) is 0 Å². The van der Waals surface area contributed by atoms with E-state index in [1.807, 2.05) is 13.8 Å². The molecule has 0 aromatic rings. The lowest BCUT2D eigenvalue weighted by molar-refractivity contribution is 0.189. The number of hydrogen-bond acceptors (Lipinski definition) is 0. The summed E-state index contributed by atoms with van der Waals surface area (Å²) in [5.74, 6) is 3.17. The zero-order valence-corrected chi connectivity index (χ0v) is 12.4. The van der Waals surface area contributed by atoms with Crippen LogP contribution in [0.1, 0.15) is 86.0 Å². The van der Waals surface area contributed by atoms with Gasteiger partial charge in [-0.3, -0.25) is 0 Å². The van der Waals surface area contributed by atoms with Crippen molar-refractivity contribution < 1.29 is 0 Å². The zero-order valence-electron chi connectivity index (χ0n) is 12.4. The Morgan fingerprint density at radius 1 is 0.875 bits per heavy atom. The molecule has 1 fully saturated rings. The van der Waals surface area contributed by atoms with Gasteiger partial charge < -0.3 is 0 Å². The summed E-state index contributed by atoms with van der Waals surface area (Å²) in [4.78, 5) is 0. The lowest BCUT2D eigenvalue weighted by Crippen LogP contribution is -2.21. The fourth-order valence-electron chi connectivity index (χ4n) is 3.31. The fourth-order valence-corrected chi connectivity index (χ4v) is 3.31. The van der Waals surface area contributed by atoms with Crippen molar-refractivity contribution in [3.8, 4) is 0 Å². The van der Waals surface area contributed by atoms with Crippen LogP contribution in [0, 0.1) is 17.8 Å². The van der Waals surface area contributed by atoms with Crippen molar-refractivity contribution in [3.05, 3.63) is 0 Å². The maximum Gasteiger partial charge on any atom is -0.0386 e. The van der Waals surface area contributed by atoms with Crippen molar-refractivity contribution in [2.75, 3.05) is 0 Å². The molecule has 0 heteroatoms. The standard InChI is InChI=1S/C14H28.C2H6/c1-4-7-12-8-10-14(11-9-12)13(5-2)6-3;1-2/h12-14H,4-11H2,1-3H3;1-2H3. The molecule has 98 valence electrons. The molecule has 0 unspecified atom stereocenters. The first-order chi connectivity index (χ1) is 7.81. The molecule has 0 N–H and O–H groups in total. The Labute approximate surface area is 104 Å². The van der Waals surface area contributed by atoms with Gasteiger partial charge in [-0.1, -0.05) is 73.1 Å². The summed E-state index contributed by atoms with van der Waals surface area (Å²) in [5, 5.41) is 0. The normalized spacial score (nSPS) is 25.1. The summed E-state index contributed by atoms with van der Waals surface area (Å²) in [5.41, 5.74) is 0. The SMILES string of the molecule is CC.CCCC1CCC(C(CC)CC)CC1. The van der Waals surface area contributed by atoms with Gasteiger partial charge in [-0.25, -0.2) is 0 Å². The number of hydrogen-bond donors (Lipinski definition) is 0. The highest BCUT2D eigenvalue weighted by Gasteiger charge is 2.24. The third-order valence-corrected chi connectivity index (χ3v) is 4.30. The Kier molecular flexibility index (Phi) is 10.2. The summed E-state index contributed by atoms with van der Waals surface area (Å²) >= 11 is 0. The highest BCUT2D eigenvalue weighted by molar-refractivity contribution is 4.76. The summed E-state index contributed by atoms with van der Waals surface area (Å²) in [6.07, 6.45) is 11.8.